The lowest BCUT2D eigenvalue weighted by Crippen LogP contribution is -2.05. The molecule has 9 heteroatoms. The van der Waals surface area contributed by atoms with Gasteiger partial charge in [0.05, 0.1) is 25.6 Å². The van der Waals surface area contributed by atoms with Crippen molar-refractivity contribution in [1.29, 1.82) is 0 Å². The molecule has 4 rings (SSSR count). The molecule has 0 aliphatic heterocycles. The van der Waals surface area contributed by atoms with E-state index in [1.54, 1.807) is 32.4 Å². The number of carbonyl (C=O) groups is 1. The molecule has 0 saturated carbocycles. The Morgan fingerprint density at radius 1 is 0.914 bits per heavy atom. The Kier molecular flexibility index (Phi) is 6.77. The monoisotopic (exact) mass is 471 g/mol. The summed E-state index contributed by atoms with van der Waals surface area (Å²) >= 11 is 0. The predicted octanol–water partition coefficient (Wildman–Crippen LogP) is 5.74. The molecule has 0 radical (unpaired) electrons. The van der Waals surface area contributed by atoms with Crippen LogP contribution in [0.3, 0.4) is 0 Å². The van der Waals surface area contributed by atoms with E-state index in [-0.39, 0.29) is 11.6 Å². The number of benzene rings is 3. The maximum absolute atomic E-state index is 12.5. The Balaban J connectivity index is 1.71. The lowest BCUT2D eigenvalue weighted by Gasteiger charge is -2.10. The molecule has 35 heavy (non-hydrogen) atoms. The SMILES string of the molecule is COc1ccc(OC)c(-c2[nH][nH]c(=O)c2N=Nc2ccc(C)c(-c3cccc(NC(C)=O)c3)c2)c1. The van der Waals surface area contributed by atoms with Crippen LogP contribution in [0.4, 0.5) is 17.1 Å². The molecule has 9 nitrogen and oxygen atoms in total. The third kappa shape index (κ3) is 5.14. The Hall–Kier alpha value is -4.66. The molecule has 0 aliphatic carbocycles. The number of ether oxygens (including phenoxy) is 2. The van der Waals surface area contributed by atoms with Gasteiger partial charge in [0.25, 0.3) is 5.56 Å². The van der Waals surface area contributed by atoms with Gasteiger partial charge >= 0.3 is 0 Å². The smallest absolute Gasteiger partial charge is 0.292 e. The number of nitrogens with one attached hydrogen (secondary N) is 3. The maximum Gasteiger partial charge on any atom is 0.292 e. The van der Waals surface area contributed by atoms with Gasteiger partial charge in [-0.25, -0.2) is 0 Å². The fraction of sp³-hybridized carbons (Fsp3) is 0.154. The summed E-state index contributed by atoms with van der Waals surface area (Å²) in [6.07, 6.45) is 0. The molecular weight excluding hydrogens is 446 g/mol. The van der Waals surface area contributed by atoms with Crippen LogP contribution in [0.25, 0.3) is 22.4 Å². The first-order chi connectivity index (χ1) is 16.9. The van der Waals surface area contributed by atoms with Gasteiger partial charge in [-0.2, -0.15) is 5.11 Å². The van der Waals surface area contributed by atoms with Crippen LogP contribution in [0.1, 0.15) is 12.5 Å². The standard InChI is InChI=1S/C26H25N5O4/c1-15-8-9-19(13-21(15)17-6-5-7-18(12-17)27-16(2)32)28-30-25-24(29-31-26(25)33)22-14-20(34-3)10-11-23(22)35-4/h5-14H,1-4H3,(H,27,32)(H2,29,31,33). The average molecular weight is 472 g/mol. The van der Waals surface area contributed by atoms with Gasteiger partial charge in [0.2, 0.25) is 5.91 Å². The molecule has 0 aliphatic rings. The Bertz CT molecular complexity index is 1470. The van der Waals surface area contributed by atoms with Crippen molar-refractivity contribution in [3.05, 3.63) is 76.6 Å². The minimum atomic E-state index is -0.413. The fourth-order valence-electron chi connectivity index (χ4n) is 3.71. The summed E-state index contributed by atoms with van der Waals surface area (Å²) in [5.74, 6) is 1.02. The van der Waals surface area contributed by atoms with E-state index in [1.807, 2.05) is 49.4 Å². The largest absolute Gasteiger partial charge is 0.497 e. The van der Waals surface area contributed by atoms with Crippen LogP contribution in [-0.4, -0.2) is 30.3 Å². The summed E-state index contributed by atoms with van der Waals surface area (Å²) in [6, 6.07) is 18.5. The van der Waals surface area contributed by atoms with E-state index in [0.29, 0.717) is 34.1 Å². The molecule has 3 N–H and O–H groups in total. The number of aryl methyl sites for hydroxylation is 1. The van der Waals surface area contributed by atoms with E-state index in [2.05, 4.69) is 25.7 Å². The first kappa shape index (κ1) is 23.5. The van der Waals surface area contributed by atoms with Crippen LogP contribution in [-0.2, 0) is 4.79 Å². The van der Waals surface area contributed by atoms with E-state index < -0.39 is 5.56 Å². The Morgan fingerprint density at radius 2 is 1.74 bits per heavy atom. The number of azo groups is 1. The fourth-order valence-corrected chi connectivity index (χ4v) is 3.71. The van der Waals surface area contributed by atoms with Gasteiger partial charge < -0.3 is 14.8 Å². The number of carbonyl (C=O) groups excluding carboxylic acids is 1. The molecule has 1 amide bonds. The molecule has 178 valence electrons. The van der Waals surface area contributed by atoms with Crippen molar-refractivity contribution >= 4 is 23.0 Å². The summed E-state index contributed by atoms with van der Waals surface area (Å²) in [5.41, 5.74) is 4.92. The molecule has 0 spiro atoms. The van der Waals surface area contributed by atoms with E-state index in [4.69, 9.17) is 9.47 Å². The maximum atomic E-state index is 12.5. The molecule has 4 aromatic rings. The number of methoxy groups -OCH3 is 2. The highest BCUT2D eigenvalue weighted by Gasteiger charge is 2.17. The molecular formula is C26H25N5O4. The molecule has 0 unspecified atom stereocenters. The molecule has 0 atom stereocenters. The van der Waals surface area contributed by atoms with E-state index >= 15 is 0 Å². The highest BCUT2D eigenvalue weighted by Crippen LogP contribution is 2.37. The van der Waals surface area contributed by atoms with Crippen molar-refractivity contribution in [3.8, 4) is 33.9 Å². The number of hydrogen-bond donors (Lipinski definition) is 3. The molecule has 0 saturated heterocycles. The molecule has 3 aromatic carbocycles. The van der Waals surface area contributed by atoms with E-state index in [0.717, 1.165) is 16.7 Å². The van der Waals surface area contributed by atoms with Gasteiger partial charge in [-0.15, -0.1) is 5.11 Å². The second-order valence-electron chi connectivity index (χ2n) is 7.83. The third-order valence-corrected chi connectivity index (χ3v) is 5.41. The highest BCUT2D eigenvalue weighted by molar-refractivity contribution is 5.89. The molecule has 0 bridgehead atoms. The van der Waals surface area contributed by atoms with Gasteiger partial charge in [-0.3, -0.25) is 19.8 Å². The number of anilines is 1. The van der Waals surface area contributed by atoms with Crippen LogP contribution in [0.15, 0.2) is 75.7 Å². The van der Waals surface area contributed by atoms with Crippen LogP contribution in [0.2, 0.25) is 0 Å². The van der Waals surface area contributed by atoms with Gasteiger partial charge in [-0.1, -0.05) is 18.2 Å². The Morgan fingerprint density at radius 3 is 2.49 bits per heavy atom. The normalized spacial score (nSPS) is 11.0. The third-order valence-electron chi connectivity index (χ3n) is 5.41. The highest BCUT2D eigenvalue weighted by atomic mass is 16.5. The summed E-state index contributed by atoms with van der Waals surface area (Å²) in [5, 5.41) is 16.8. The summed E-state index contributed by atoms with van der Waals surface area (Å²) < 4.78 is 10.8. The summed E-state index contributed by atoms with van der Waals surface area (Å²) in [6.45, 7) is 3.46. The van der Waals surface area contributed by atoms with Crippen molar-refractivity contribution < 1.29 is 14.3 Å². The van der Waals surface area contributed by atoms with E-state index in [9.17, 15) is 9.59 Å². The quantitative estimate of drug-likeness (QED) is 0.298. The number of rotatable bonds is 7. The first-order valence-electron chi connectivity index (χ1n) is 10.8. The topological polar surface area (TPSA) is 121 Å². The number of H-pyrrole nitrogens is 2. The van der Waals surface area contributed by atoms with Crippen molar-refractivity contribution in [2.45, 2.75) is 13.8 Å². The number of amides is 1. The second-order valence-corrected chi connectivity index (χ2v) is 7.83. The van der Waals surface area contributed by atoms with Gasteiger partial charge in [-0.05, 0) is 66.1 Å². The van der Waals surface area contributed by atoms with Crippen LogP contribution < -0.4 is 20.3 Å². The van der Waals surface area contributed by atoms with Crippen LogP contribution >= 0.6 is 0 Å². The number of aromatic amines is 2. The minimum Gasteiger partial charge on any atom is -0.497 e. The average Bonchev–Trinajstić information content (AvgIpc) is 3.22. The zero-order chi connectivity index (χ0) is 24.9. The number of nitrogens with zero attached hydrogens (tertiary/aromatic N) is 2. The summed E-state index contributed by atoms with van der Waals surface area (Å²) in [7, 11) is 3.11. The zero-order valence-electron chi connectivity index (χ0n) is 19.8. The van der Waals surface area contributed by atoms with Crippen molar-refractivity contribution in [2.24, 2.45) is 10.2 Å². The van der Waals surface area contributed by atoms with Crippen LogP contribution in [0.5, 0.6) is 11.5 Å². The minimum absolute atomic E-state index is 0.117. The second kappa shape index (κ2) is 10.1. The number of aromatic nitrogens is 2. The van der Waals surface area contributed by atoms with Gasteiger partial charge in [0.15, 0.2) is 5.69 Å². The summed E-state index contributed by atoms with van der Waals surface area (Å²) in [4.78, 5) is 23.9. The number of hydrogen-bond acceptors (Lipinski definition) is 6. The Labute approximate surface area is 201 Å². The lowest BCUT2D eigenvalue weighted by molar-refractivity contribution is -0.114. The molecule has 0 fully saturated rings. The van der Waals surface area contributed by atoms with E-state index in [1.165, 1.54) is 6.92 Å². The molecule has 1 aromatic heterocycles. The van der Waals surface area contributed by atoms with Crippen molar-refractivity contribution in [3.63, 3.8) is 0 Å². The van der Waals surface area contributed by atoms with Gasteiger partial charge in [0, 0.05) is 18.2 Å². The molecule has 1 heterocycles. The first-order valence-corrected chi connectivity index (χ1v) is 10.8. The predicted molar refractivity (Wildman–Crippen MR) is 135 cm³/mol. The van der Waals surface area contributed by atoms with Crippen molar-refractivity contribution in [1.82, 2.24) is 10.2 Å². The van der Waals surface area contributed by atoms with Crippen LogP contribution in [0, 0.1) is 6.92 Å². The lowest BCUT2D eigenvalue weighted by atomic mass is 9.99. The van der Waals surface area contributed by atoms with Gasteiger partial charge in [0.1, 0.15) is 11.5 Å². The van der Waals surface area contributed by atoms with Crippen molar-refractivity contribution in [2.75, 3.05) is 19.5 Å². The zero-order valence-corrected chi connectivity index (χ0v) is 19.8.